The number of carbonyl (C=O) groups is 2. The Morgan fingerprint density at radius 1 is 1.13 bits per heavy atom. The van der Waals surface area contributed by atoms with Crippen molar-refractivity contribution in [1.82, 2.24) is 20.2 Å². The number of nitrogens with zero attached hydrogens (tertiary/aromatic N) is 5. The van der Waals surface area contributed by atoms with Crippen molar-refractivity contribution in [3.05, 3.63) is 54.1 Å². The molecule has 1 aliphatic rings. The average molecular weight is 430 g/mol. The summed E-state index contributed by atoms with van der Waals surface area (Å²) in [6, 6.07) is 11.5. The number of hydrogen-bond acceptors (Lipinski definition) is 5. The van der Waals surface area contributed by atoms with Crippen LogP contribution in [0.2, 0.25) is 0 Å². The fourth-order valence-corrected chi connectivity index (χ4v) is 3.30. The highest BCUT2D eigenvalue weighted by Gasteiger charge is 2.31. The van der Waals surface area contributed by atoms with E-state index in [4.69, 9.17) is 0 Å². The molecular formula is C20H17F3N6O2. The van der Waals surface area contributed by atoms with E-state index < -0.39 is 17.6 Å². The second kappa shape index (κ2) is 8.17. The zero-order valence-electron chi connectivity index (χ0n) is 16.1. The molecule has 160 valence electrons. The summed E-state index contributed by atoms with van der Waals surface area (Å²) in [5.41, 5.74) is 0.391. The molecule has 8 nitrogen and oxygen atoms in total. The Bertz CT molecular complexity index is 1130. The first kappa shape index (κ1) is 20.5. The Balaban J connectivity index is 1.47. The quantitative estimate of drug-likeness (QED) is 0.672. The summed E-state index contributed by atoms with van der Waals surface area (Å²) in [6.07, 6.45) is -3.28. The SMILES string of the molecule is O=C(Cn1nnc(-c2cccc(C(F)(F)F)c2)n1)Nc1ccccc1N1CCCC1=O. The van der Waals surface area contributed by atoms with E-state index in [-0.39, 0.29) is 23.8 Å². The van der Waals surface area contributed by atoms with Gasteiger partial charge < -0.3 is 10.2 Å². The normalized spacial score (nSPS) is 14.2. The summed E-state index contributed by atoms with van der Waals surface area (Å²) < 4.78 is 38.7. The number of alkyl halides is 3. The van der Waals surface area contributed by atoms with E-state index in [1.165, 1.54) is 12.1 Å². The van der Waals surface area contributed by atoms with Crippen LogP contribution in [0.4, 0.5) is 24.5 Å². The minimum absolute atomic E-state index is 0.00892. The molecule has 4 rings (SSSR count). The molecule has 2 aromatic carbocycles. The van der Waals surface area contributed by atoms with Gasteiger partial charge in [-0.25, -0.2) is 0 Å². The van der Waals surface area contributed by atoms with Crippen LogP contribution in [-0.4, -0.2) is 38.6 Å². The number of anilines is 2. The molecule has 1 saturated heterocycles. The molecule has 0 atom stereocenters. The lowest BCUT2D eigenvalue weighted by Crippen LogP contribution is -2.26. The van der Waals surface area contributed by atoms with Crippen LogP contribution in [0.5, 0.6) is 0 Å². The standard InChI is InChI=1S/C20H17F3N6O2/c21-20(22,23)14-6-3-5-13(11-14)19-25-27-29(26-19)12-17(30)24-15-7-1-2-8-16(15)28-10-4-9-18(28)31/h1-3,5-8,11H,4,9-10,12H2,(H,24,30). The molecule has 0 spiro atoms. The molecule has 0 unspecified atom stereocenters. The number of rotatable bonds is 5. The van der Waals surface area contributed by atoms with Crippen molar-refractivity contribution in [2.24, 2.45) is 0 Å². The van der Waals surface area contributed by atoms with Crippen LogP contribution in [0.15, 0.2) is 48.5 Å². The topological polar surface area (TPSA) is 93.0 Å². The van der Waals surface area contributed by atoms with Gasteiger partial charge in [0.15, 0.2) is 0 Å². The van der Waals surface area contributed by atoms with Gasteiger partial charge in [-0.15, -0.1) is 10.2 Å². The van der Waals surface area contributed by atoms with E-state index in [1.54, 1.807) is 29.2 Å². The molecule has 11 heteroatoms. The summed E-state index contributed by atoms with van der Waals surface area (Å²) in [5, 5.41) is 14.2. The highest BCUT2D eigenvalue weighted by Crippen LogP contribution is 2.31. The van der Waals surface area contributed by atoms with Crippen LogP contribution < -0.4 is 10.2 Å². The summed E-state index contributed by atoms with van der Waals surface area (Å²) >= 11 is 0. The first-order valence-electron chi connectivity index (χ1n) is 9.46. The van der Waals surface area contributed by atoms with Gasteiger partial charge in [0.1, 0.15) is 6.54 Å². The number of tetrazole rings is 1. The monoisotopic (exact) mass is 430 g/mol. The highest BCUT2D eigenvalue weighted by molar-refractivity contribution is 6.01. The van der Waals surface area contributed by atoms with E-state index >= 15 is 0 Å². The number of carbonyl (C=O) groups excluding carboxylic acids is 2. The molecule has 31 heavy (non-hydrogen) atoms. The van der Waals surface area contributed by atoms with Crippen molar-refractivity contribution in [2.45, 2.75) is 25.6 Å². The van der Waals surface area contributed by atoms with Gasteiger partial charge in [0.05, 0.1) is 16.9 Å². The van der Waals surface area contributed by atoms with Crippen molar-refractivity contribution in [2.75, 3.05) is 16.8 Å². The predicted molar refractivity (Wildman–Crippen MR) is 105 cm³/mol. The van der Waals surface area contributed by atoms with Crippen molar-refractivity contribution < 1.29 is 22.8 Å². The highest BCUT2D eigenvalue weighted by atomic mass is 19.4. The van der Waals surface area contributed by atoms with Crippen LogP contribution >= 0.6 is 0 Å². The Kier molecular flexibility index (Phi) is 5.40. The van der Waals surface area contributed by atoms with E-state index in [2.05, 4.69) is 20.7 Å². The molecule has 0 aliphatic carbocycles. The number of nitrogens with one attached hydrogen (secondary N) is 1. The lowest BCUT2D eigenvalue weighted by molar-refractivity contribution is -0.137. The Labute approximate surface area is 174 Å². The van der Waals surface area contributed by atoms with Crippen LogP contribution in [0.1, 0.15) is 18.4 Å². The minimum atomic E-state index is -4.49. The number of hydrogen-bond donors (Lipinski definition) is 1. The maximum Gasteiger partial charge on any atom is 0.416 e. The van der Waals surface area contributed by atoms with Crippen LogP contribution in [0, 0.1) is 0 Å². The van der Waals surface area contributed by atoms with E-state index in [0.29, 0.717) is 24.3 Å². The van der Waals surface area contributed by atoms with Gasteiger partial charge in [0.25, 0.3) is 0 Å². The van der Waals surface area contributed by atoms with Gasteiger partial charge in [0.2, 0.25) is 17.6 Å². The number of halogens is 3. The molecule has 1 aliphatic heterocycles. The molecule has 0 radical (unpaired) electrons. The molecule has 1 aromatic heterocycles. The van der Waals surface area contributed by atoms with Gasteiger partial charge in [-0.1, -0.05) is 24.3 Å². The fourth-order valence-electron chi connectivity index (χ4n) is 3.30. The smallest absolute Gasteiger partial charge is 0.323 e. The average Bonchev–Trinajstić information content (AvgIpc) is 3.37. The minimum Gasteiger partial charge on any atom is -0.323 e. The van der Waals surface area contributed by atoms with Crippen LogP contribution in [-0.2, 0) is 22.3 Å². The second-order valence-corrected chi connectivity index (χ2v) is 6.94. The number of para-hydroxylation sites is 2. The molecule has 0 saturated carbocycles. The van der Waals surface area contributed by atoms with Crippen molar-refractivity contribution in [3.63, 3.8) is 0 Å². The third kappa shape index (κ3) is 4.55. The number of benzene rings is 2. The Morgan fingerprint density at radius 3 is 2.68 bits per heavy atom. The summed E-state index contributed by atoms with van der Waals surface area (Å²) in [7, 11) is 0. The van der Waals surface area contributed by atoms with Gasteiger partial charge >= 0.3 is 6.18 Å². The first-order valence-corrected chi connectivity index (χ1v) is 9.46. The molecule has 1 N–H and O–H groups in total. The van der Waals surface area contributed by atoms with Crippen LogP contribution in [0.3, 0.4) is 0 Å². The van der Waals surface area contributed by atoms with Gasteiger partial charge in [0, 0.05) is 18.5 Å². The van der Waals surface area contributed by atoms with E-state index in [1.807, 2.05) is 0 Å². The molecule has 3 aromatic rings. The molecule has 2 amide bonds. The van der Waals surface area contributed by atoms with Gasteiger partial charge in [-0.2, -0.15) is 18.0 Å². The summed E-state index contributed by atoms with van der Waals surface area (Å²) in [5.74, 6) is -0.501. The first-order chi connectivity index (χ1) is 14.8. The van der Waals surface area contributed by atoms with E-state index in [0.717, 1.165) is 23.4 Å². The molecular weight excluding hydrogens is 413 g/mol. The van der Waals surface area contributed by atoms with Crippen molar-refractivity contribution >= 4 is 23.2 Å². The lowest BCUT2D eigenvalue weighted by Gasteiger charge is -2.19. The Morgan fingerprint density at radius 2 is 1.94 bits per heavy atom. The predicted octanol–water partition coefficient (Wildman–Crippen LogP) is 3.12. The maximum atomic E-state index is 12.9. The summed E-state index contributed by atoms with van der Waals surface area (Å²) in [6.45, 7) is 0.283. The lowest BCUT2D eigenvalue weighted by atomic mass is 10.1. The maximum absolute atomic E-state index is 12.9. The zero-order valence-corrected chi connectivity index (χ0v) is 16.1. The third-order valence-corrected chi connectivity index (χ3v) is 4.73. The summed E-state index contributed by atoms with van der Waals surface area (Å²) in [4.78, 5) is 27.1. The van der Waals surface area contributed by atoms with Crippen molar-refractivity contribution in [3.8, 4) is 11.4 Å². The Hall–Kier alpha value is -3.76. The molecule has 0 bridgehead atoms. The van der Waals surface area contributed by atoms with Crippen molar-refractivity contribution in [1.29, 1.82) is 0 Å². The van der Waals surface area contributed by atoms with Gasteiger partial charge in [-0.3, -0.25) is 9.59 Å². The third-order valence-electron chi connectivity index (χ3n) is 4.73. The van der Waals surface area contributed by atoms with Crippen LogP contribution in [0.25, 0.3) is 11.4 Å². The molecule has 2 heterocycles. The molecule has 1 fully saturated rings. The van der Waals surface area contributed by atoms with E-state index in [9.17, 15) is 22.8 Å². The van der Waals surface area contributed by atoms with Gasteiger partial charge in [-0.05, 0) is 35.9 Å². The zero-order chi connectivity index (χ0) is 22.0. The number of amides is 2. The largest absolute Gasteiger partial charge is 0.416 e. The fraction of sp³-hybridized carbons (Fsp3) is 0.250. The number of aromatic nitrogens is 4. The second-order valence-electron chi connectivity index (χ2n) is 6.94.